The zero-order chi connectivity index (χ0) is 21.9. The number of nitrogens with zero attached hydrogens (tertiary/aromatic N) is 2. The van der Waals surface area contributed by atoms with Crippen molar-refractivity contribution in [2.45, 2.75) is 0 Å². The van der Waals surface area contributed by atoms with Crippen molar-refractivity contribution in [2.24, 2.45) is 0 Å². The van der Waals surface area contributed by atoms with Gasteiger partial charge in [0.25, 0.3) is 0 Å². The van der Waals surface area contributed by atoms with Crippen molar-refractivity contribution in [1.82, 2.24) is 9.55 Å². The number of para-hydroxylation sites is 1. The molecular weight excluding hydrogens is 396 g/mol. The minimum absolute atomic E-state index is 0.226. The highest BCUT2D eigenvalue weighted by atomic mass is 16.4. The van der Waals surface area contributed by atoms with Gasteiger partial charge in [0.05, 0.1) is 11.3 Å². The average Bonchev–Trinajstić information content (AvgIpc) is 3.30. The van der Waals surface area contributed by atoms with E-state index >= 15 is 0 Å². The highest BCUT2D eigenvalue weighted by Crippen LogP contribution is 2.36. The van der Waals surface area contributed by atoms with Crippen LogP contribution in [0, 0.1) is 0 Å². The summed E-state index contributed by atoms with van der Waals surface area (Å²) in [5.74, 6) is -0.223. The Kier molecular flexibility index (Phi) is 5.10. The number of hydrogen-bond acceptors (Lipinski definition) is 2. The monoisotopic (exact) mass is 416 g/mol. The molecule has 1 N–H and O–H groups in total. The van der Waals surface area contributed by atoms with E-state index in [4.69, 9.17) is 4.98 Å². The standard InChI is InChI=1S/C28H20N2O2/c31-28(32)24-18-10-17-23(20-11-4-1-5-12-20)26(24)25-19-30(22-15-8-3-9-16-22)27(29-25)21-13-6-2-7-14-21/h1-19H,(H,31,32). The van der Waals surface area contributed by atoms with Gasteiger partial charge in [-0.3, -0.25) is 4.57 Å². The topological polar surface area (TPSA) is 55.1 Å². The highest BCUT2D eigenvalue weighted by molar-refractivity contribution is 6.00. The fourth-order valence-electron chi connectivity index (χ4n) is 3.94. The molecule has 0 aliphatic rings. The van der Waals surface area contributed by atoms with Gasteiger partial charge in [-0.1, -0.05) is 91.0 Å². The molecule has 0 aliphatic heterocycles. The van der Waals surface area contributed by atoms with Gasteiger partial charge in [0.15, 0.2) is 0 Å². The molecule has 0 saturated heterocycles. The first kappa shape index (κ1) is 19.5. The van der Waals surface area contributed by atoms with Crippen molar-refractivity contribution < 1.29 is 9.90 Å². The van der Waals surface area contributed by atoms with Crippen molar-refractivity contribution in [3.05, 3.63) is 121 Å². The lowest BCUT2D eigenvalue weighted by Crippen LogP contribution is -2.01. The second-order valence-electron chi connectivity index (χ2n) is 7.42. The summed E-state index contributed by atoms with van der Waals surface area (Å²) in [7, 11) is 0. The van der Waals surface area contributed by atoms with Gasteiger partial charge in [0.1, 0.15) is 5.82 Å². The molecule has 4 nitrogen and oxygen atoms in total. The lowest BCUT2D eigenvalue weighted by molar-refractivity contribution is 0.0697. The molecule has 1 aromatic heterocycles. The van der Waals surface area contributed by atoms with Crippen LogP contribution in [0.5, 0.6) is 0 Å². The molecule has 0 amide bonds. The number of carbonyl (C=O) groups is 1. The van der Waals surface area contributed by atoms with Crippen LogP contribution in [0.1, 0.15) is 10.4 Å². The molecule has 4 heteroatoms. The first-order valence-corrected chi connectivity index (χ1v) is 10.3. The van der Waals surface area contributed by atoms with Crippen LogP contribution in [-0.2, 0) is 0 Å². The van der Waals surface area contributed by atoms with Gasteiger partial charge in [-0.15, -0.1) is 0 Å². The summed E-state index contributed by atoms with van der Waals surface area (Å²) in [6.07, 6.45) is 1.92. The molecule has 0 fully saturated rings. The minimum atomic E-state index is -0.978. The number of benzene rings is 4. The Hall–Kier alpha value is -4.44. The number of aromatic nitrogens is 2. The van der Waals surface area contributed by atoms with Crippen molar-refractivity contribution in [3.8, 4) is 39.5 Å². The number of hydrogen-bond donors (Lipinski definition) is 1. The molecule has 5 aromatic rings. The van der Waals surface area contributed by atoms with Gasteiger partial charge in [0, 0.05) is 23.0 Å². The summed E-state index contributed by atoms with van der Waals surface area (Å²) in [6, 6.07) is 35.0. The predicted octanol–water partition coefficient (Wildman–Crippen LogP) is 6.57. The molecule has 0 spiro atoms. The maximum Gasteiger partial charge on any atom is 0.336 e. The van der Waals surface area contributed by atoms with Crippen LogP contribution in [0.15, 0.2) is 115 Å². The highest BCUT2D eigenvalue weighted by Gasteiger charge is 2.21. The maximum atomic E-state index is 12.2. The Balaban J connectivity index is 1.80. The van der Waals surface area contributed by atoms with Crippen LogP contribution < -0.4 is 0 Å². The van der Waals surface area contributed by atoms with E-state index in [0.29, 0.717) is 11.3 Å². The Morgan fingerprint density at radius 2 is 1.28 bits per heavy atom. The maximum absolute atomic E-state index is 12.2. The summed E-state index contributed by atoms with van der Waals surface area (Å²) in [5.41, 5.74) is 5.14. The second kappa shape index (κ2) is 8.36. The summed E-state index contributed by atoms with van der Waals surface area (Å²) in [4.78, 5) is 17.1. The zero-order valence-corrected chi connectivity index (χ0v) is 17.2. The van der Waals surface area contributed by atoms with Crippen molar-refractivity contribution >= 4 is 5.97 Å². The van der Waals surface area contributed by atoms with Gasteiger partial charge in [0.2, 0.25) is 0 Å². The third-order valence-corrected chi connectivity index (χ3v) is 5.41. The molecule has 1 heterocycles. The average molecular weight is 416 g/mol. The van der Waals surface area contributed by atoms with Crippen LogP contribution in [0.4, 0.5) is 0 Å². The Morgan fingerprint density at radius 1 is 0.688 bits per heavy atom. The number of carboxylic acids is 1. The SMILES string of the molecule is O=C(O)c1cccc(-c2ccccc2)c1-c1cn(-c2ccccc2)c(-c2ccccc2)n1. The molecule has 0 aliphatic carbocycles. The molecule has 154 valence electrons. The number of aromatic carboxylic acids is 1. The molecule has 0 bridgehead atoms. The fraction of sp³-hybridized carbons (Fsp3) is 0. The number of rotatable bonds is 5. The smallest absolute Gasteiger partial charge is 0.336 e. The van der Waals surface area contributed by atoms with Gasteiger partial charge in [-0.25, -0.2) is 9.78 Å². The second-order valence-corrected chi connectivity index (χ2v) is 7.42. The van der Waals surface area contributed by atoms with Crippen LogP contribution in [-0.4, -0.2) is 20.6 Å². The van der Waals surface area contributed by atoms with Crippen LogP contribution >= 0.6 is 0 Å². The van der Waals surface area contributed by atoms with E-state index in [1.54, 1.807) is 12.1 Å². The molecule has 0 atom stereocenters. The third-order valence-electron chi connectivity index (χ3n) is 5.41. The number of carboxylic acid groups (broad SMARTS) is 1. The lowest BCUT2D eigenvalue weighted by Gasteiger charge is -2.11. The molecule has 4 aromatic carbocycles. The summed E-state index contributed by atoms with van der Waals surface area (Å²) in [5, 5.41) is 9.97. The largest absolute Gasteiger partial charge is 0.478 e. The van der Waals surface area contributed by atoms with E-state index in [0.717, 1.165) is 28.2 Å². The quantitative estimate of drug-likeness (QED) is 0.352. The van der Waals surface area contributed by atoms with Crippen LogP contribution in [0.2, 0.25) is 0 Å². The lowest BCUT2D eigenvalue weighted by atomic mass is 9.93. The van der Waals surface area contributed by atoms with Gasteiger partial charge in [-0.2, -0.15) is 0 Å². The Morgan fingerprint density at radius 3 is 1.91 bits per heavy atom. The first-order chi connectivity index (χ1) is 15.7. The zero-order valence-electron chi connectivity index (χ0n) is 17.2. The first-order valence-electron chi connectivity index (χ1n) is 10.3. The van der Waals surface area contributed by atoms with Crippen LogP contribution in [0.3, 0.4) is 0 Å². The van der Waals surface area contributed by atoms with E-state index in [1.807, 2.05) is 108 Å². The molecular formula is C28H20N2O2. The summed E-state index contributed by atoms with van der Waals surface area (Å²) < 4.78 is 2.01. The molecule has 0 saturated carbocycles. The Labute approximate surface area is 186 Å². The van der Waals surface area contributed by atoms with Crippen molar-refractivity contribution in [2.75, 3.05) is 0 Å². The third kappa shape index (κ3) is 3.59. The van der Waals surface area contributed by atoms with Gasteiger partial charge in [-0.05, 0) is 29.3 Å². The summed E-state index contributed by atoms with van der Waals surface area (Å²) >= 11 is 0. The van der Waals surface area contributed by atoms with E-state index < -0.39 is 5.97 Å². The van der Waals surface area contributed by atoms with Crippen molar-refractivity contribution in [1.29, 1.82) is 0 Å². The predicted molar refractivity (Wildman–Crippen MR) is 127 cm³/mol. The normalized spacial score (nSPS) is 10.8. The molecule has 32 heavy (non-hydrogen) atoms. The van der Waals surface area contributed by atoms with Crippen molar-refractivity contribution in [3.63, 3.8) is 0 Å². The summed E-state index contributed by atoms with van der Waals surface area (Å²) in [6.45, 7) is 0. The fourth-order valence-corrected chi connectivity index (χ4v) is 3.94. The molecule has 5 rings (SSSR count). The molecule has 0 unspecified atom stereocenters. The van der Waals surface area contributed by atoms with Gasteiger partial charge >= 0.3 is 5.97 Å². The molecule has 0 radical (unpaired) electrons. The minimum Gasteiger partial charge on any atom is -0.478 e. The van der Waals surface area contributed by atoms with E-state index in [1.165, 1.54) is 0 Å². The van der Waals surface area contributed by atoms with E-state index in [9.17, 15) is 9.90 Å². The van der Waals surface area contributed by atoms with Crippen LogP contribution in [0.25, 0.3) is 39.5 Å². The Bertz CT molecular complexity index is 1320. The van der Waals surface area contributed by atoms with E-state index in [2.05, 4.69) is 0 Å². The van der Waals surface area contributed by atoms with Gasteiger partial charge < -0.3 is 5.11 Å². The number of imidazole rings is 1. The van der Waals surface area contributed by atoms with E-state index in [-0.39, 0.29) is 5.56 Å².